The van der Waals surface area contributed by atoms with Gasteiger partial charge in [-0.15, -0.1) is 0 Å². The van der Waals surface area contributed by atoms with Crippen LogP contribution in [-0.4, -0.2) is 30.1 Å². The number of oxime groups is 2. The third-order valence-electron chi connectivity index (χ3n) is 3.95. The van der Waals surface area contributed by atoms with Crippen LogP contribution in [0.1, 0.15) is 61.9 Å². The lowest BCUT2D eigenvalue weighted by atomic mass is 9.86. The predicted molar refractivity (Wildman–Crippen MR) is 99.0 cm³/mol. The Hall–Kier alpha value is -2.37. The second-order valence-corrected chi connectivity index (χ2v) is 5.50. The van der Waals surface area contributed by atoms with Gasteiger partial charge in [0, 0.05) is 11.5 Å². The molecular formula is C19H28N2O4. The van der Waals surface area contributed by atoms with Crippen LogP contribution in [0.2, 0.25) is 0 Å². The highest BCUT2D eigenvalue weighted by Gasteiger charge is 2.19. The summed E-state index contributed by atoms with van der Waals surface area (Å²) in [5.74, 6) is -0.626. The zero-order valence-electron chi connectivity index (χ0n) is 15.3. The Bertz CT molecular complexity index is 579. The summed E-state index contributed by atoms with van der Waals surface area (Å²) in [4.78, 5) is 21.3. The zero-order valence-corrected chi connectivity index (χ0v) is 15.3. The summed E-state index contributed by atoms with van der Waals surface area (Å²) in [6, 6.07) is 6.71. The highest BCUT2D eigenvalue weighted by atomic mass is 16.6. The molecule has 1 saturated carbocycles. The molecule has 25 heavy (non-hydrogen) atoms. The predicted octanol–water partition coefficient (Wildman–Crippen LogP) is 4.50. The van der Waals surface area contributed by atoms with Crippen molar-refractivity contribution < 1.29 is 19.6 Å². The van der Waals surface area contributed by atoms with Crippen LogP contribution in [0.4, 0.5) is 0 Å². The normalized spacial score (nSPS) is 15.4. The van der Waals surface area contributed by atoms with Crippen molar-refractivity contribution in [1.82, 2.24) is 0 Å². The third kappa shape index (κ3) is 6.95. The molecule has 1 aromatic carbocycles. The van der Waals surface area contributed by atoms with Crippen LogP contribution in [0, 0.1) is 5.92 Å². The van der Waals surface area contributed by atoms with Gasteiger partial charge in [-0.25, -0.2) is 4.79 Å². The van der Waals surface area contributed by atoms with Gasteiger partial charge in [0.25, 0.3) is 0 Å². The Kier molecular flexibility index (Phi) is 9.97. The molecule has 1 fully saturated rings. The number of carboxylic acid groups (broad SMARTS) is 1. The van der Waals surface area contributed by atoms with Crippen molar-refractivity contribution >= 4 is 17.9 Å². The van der Waals surface area contributed by atoms with Crippen molar-refractivity contribution in [1.29, 1.82) is 0 Å². The molecule has 0 unspecified atom stereocenters. The molecule has 1 aliphatic rings. The van der Waals surface area contributed by atoms with E-state index in [2.05, 4.69) is 10.3 Å². The maximum Gasteiger partial charge on any atom is 0.336 e. The molecule has 1 N–H and O–H groups in total. The van der Waals surface area contributed by atoms with Crippen LogP contribution >= 0.6 is 0 Å². The highest BCUT2D eigenvalue weighted by molar-refractivity contribution is 6.31. The maximum absolute atomic E-state index is 11.1. The van der Waals surface area contributed by atoms with E-state index in [0.717, 1.165) is 18.6 Å². The summed E-state index contributed by atoms with van der Waals surface area (Å²) in [5, 5.41) is 17.1. The van der Waals surface area contributed by atoms with Gasteiger partial charge in [0.1, 0.15) is 19.4 Å². The molecule has 0 saturated heterocycles. The Morgan fingerprint density at radius 3 is 2.56 bits per heavy atom. The first kappa shape index (κ1) is 20.7. The molecule has 6 heteroatoms. The van der Waals surface area contributed by atoms with Crippen LogP contribution < -0.4 is 0 Å². The average Bonchev–Trinajstić information content (AvgIpc) is 2.67. The second-order valence-electron chi connectivity index (χ2n) is 5.50. The van der Waals surface area contributed by atoms with E-state index in [1.807, 2.05) is 13.8 Å². The van der Waals surface area contributed by atoms with E-state index in [1.165, 1.54) is 26.4 Å². The largest absolute Gasteiger partial charge is 0.478 e. The first-order chi connectivity index (χ1) is 12.2. The van der Waals surface area contributed by atoms with Crippen LogP contribution in [0.25, 0.3) is 0 Å². The van der Waals surface area contributed by atoms with Crippen molar-refractivity contribution in [2.75, 3.05) is 7.11 Å². The quantitative estimate of drug-likeness (QED) is 0.581. The highest BCUT2D eigenvalue weighted by Crippen LogP contribution is 2.24. The molecule has 6 nitrogen and oxygen atoms in total. The molecule has 0 aromatic heterocycles. The van der Waals surface area contributed by atoms with Gasteiger partial charge in [0.05, 0.1) is 11.8 Å². The van der Waals surface area contributed by atoms with Crippen molar-refractivity contribution in [2.24, 2.45) is 16.2 Å². The maximum atomic E-state index is 11.1. The SMILES string of the molecule is CC.CO/N=C(\C=NOCc1ccccc1C(=O)O)C1CCCCC1. The Labute approximate surface area is 149 Å². The summed E-state index contributed by atoms with van der Waals surface area (Å²) in [6.07, 6.45) is 7.37. The molecule has 0 radical (unpaired) electrons. The number of aromatic carboxylic acids is 1. The van der Waals surface area contributed by atoms with Crippen LogP contribution in [0.3, 0.4) is 0 Å². The Balaban J connectivity index is 0.00000151. The molecule has 0 bridgehead atoms. The molecule has 1 aliphatic carbocycles. The van der Waals surface area contributed by atoms with Gasteiger partial charge in [0.15, 0.2) is 0 Å². The molecule has 0 heterocycles. The fraction of sp³-hybridized carbons (Fsp3) is 0.526. The third-order valence-corrected chi connectivity index (χ3v) is 3.95. The standard InChI is InChI=1S/C17H22N2O4.C2H6/c1-22-19-16(13-7-3-2-4-8-13)11-18-23-12-14-9-5-6-10-15(14)17(20)21;1-2/h5-6,9-11,13H,2-4,7-8,12H2,1H3,(H,20,21);1-2H3/b18-11?,19-16+;. The van der Waals surface area contributed by atoms with E-state index >= 15 is 0 Å². The number of nitrogens with zero attached hydrogens (tertiary/aromatic N) is 2. The van der Waals surface area contributed by atoms with Gasteiger partial charge in [-0.1, -0.05) is 61.6 Å². The van der Waals surface area contributed by atoms with Crippen molar-refractivity contribution in [3.63, 3.8) is 0 Å². The molecule has 0 amide bonds. The van der Waals surface area contributed by atoms with E-state index in [4.69, 9.17) is 14.8 Å². The second kappa shape index (κ2) is 12.1. The van der Waals surface area contributed by atoms with Gasteiger partial charge in [0.2, 0.25) is 0 Å². The minimum Gasteiger partial charge on any atom is -0.478 e. The summed E-state index contributed by atoms with van der Waals surface area (Å²) in [6.45, 7) is 4.10. The summed E-state index contributed by atoms with van der Waals surface area (Å²) in [7, 11) is 1.51. The van der Waals surface area contributed by atoms with E-state index in [-0.39, 0.29) is 12.2 Å². The fourth-order valence-electron chi connectivity index (χ4n) is 2.76. The van der Waals surface area contributed by atoms with Crippen LogP contribution in [0.15, 0.2) is 34.6 Å². The minimum absolute atomic E-state index is 0.101. The molecule has 0 atom stereocenters. The number of benzene rings is 1. The summed E-state index contributed by atoms with van der Waals surface area (Å²) >= 11 is 0. The Morgan fingerprint density at radius 2 is 1.92 bits per heavy atom. The molecule has 1 aromatic rings. The average molecular weight is 348 g/mol. The molecule has 0 spiro atoms. The lowest BCUT2D eigenvalue weighted by molar-refractivity contribution is 0.0688. The zero-order chi connectivity index (χ0) is 18.5. The number of hydrogen-bond donors (Lipinski definition) is 1. The molecule has 2 rings (SSSR count). The lowest BCUT2D eigenvalue weighted by Crippen LogP contribution is -2.19. The summed E-state index contributed by atoms with van der Waals surface area (Å²) < 4.78 is 0. The van der Waals surface area contributed by atoms with Gasteiger partial charge < -0.3 is 14.8 Å². The van der Waals surface area contributed by atoms with E-state index in [9.17, 15) is 4.79 Å². The first-order valence-electron chi connectivity index (χ1n) is 8.80. The van der Waals surface area contributed by atoms with Crippen LogP contribution in [0.5, 0.6) is 0 Å². The van der Waals surface area contributed by atoms with Gasteiger partial charge in [-0.05, 0) is 18.9 Å². The van der Waals surface area contributed by atoms with Gasteiger partial charge in [-0.2, -0.15) is 0 Å². The number of rotatable bonds is 7. The lowest BCUT2D eigenvalue weighted by Gasteiger charge is -2.20. The number of carbonyl (C=O) groups is 1. The monoisotopic (exact) mass is 348 g/mol. The number of hydrogen-bond acceptors (Lipinski definition) is 5. The van der Waals surface area contributed by atoms with Crippen molar-refractivity contribution in [2.45, 2.75) is 52.6 Å². The van der Waals surface area contributed by atoms with Gasteiger partial charge in [-0.3, -0.25) is 0 Å². The van der Waals surface area contributed by atoms with Gasteiger partial charge >= 0.3 is 5.97 Å². The Morgan fingerprint density at radius 1 is 1.24 bits per heavy atom. The van der Waals surface area contributed by atoms with E-state index < -0.39 is 5.97 Å². The minimum atomic E-state index is -0.975. The van der Waals surface area contributed by atoms with Crippen LogP contribution in [-0.2, 0) is 16.3 Å². The van der Waals surface area contributed by atoms with Crippen molar-refractivity contribution in [3.05, 3.63) is 35.4 Å². The van der Waals surface area contributed by atoms with E-state index in [1.54, 1.807) is 30.5 Å². The topological polar surface area (TPSA) is 80.5 Å². The first-order valence-corrected chi connectivity index (χ1v) is 8.80. The smallest absolute Gasteiger partial charge is 0.336 e. The molecule has 0 aliphatic heterocycles. The van der Waals surface area contributed by atoms with Crippen molar-refractivity contribution in [3.8, 4) is 0 Å². The number of carboxylic acids is 1. The molecular weight excluding hydrogens is 320 g/mol. The summed E-state index contributed by atoms with van der Waals surface area (Å²) in [5.41, 5.74) is 1.58. The fourth-order valence-corrected chi connectivity index (χ4v) is 2.76. The molecule has 138 valence electrons. The van der Waals surface area contributed by atoms with E-state index in [0.29, 0.717) is 11.5 Å².